The molecule has 0 bridgehead atoms. The second kappa shape index (κ2) is 8.35. The Kier molecular flexibility index (Phi) is 5.35. The predicted octanol–water partition coefficient (Wildman–Crippen LogP) is 3.65. The fraction of sp³-hybridized carbons (Fsp3) is 0.375. The fourth-order valence-corrected chi connectivity index (χ4v) is 5.04. The number of nitrogens with two attached hydrogens (primary N) is 1. The van der Waals surface area contributed by atoms with E-state index in [4.69, 9.17) is 5.73 Å². The van der Waals surface area contributed by atoms with Crippen LogP contribution in [0.4, 0.5) is 33.6 Å². The Bertz CT molecular complexity index is 1620. The van der Waals surface area contributed by atoms with Crippen LogP contribution in [0.1, 0.15) is 41.8 Å². The smallest absolute Gasteiger partial charge is 0.383 e. The summed E-state index contributed by atoms with van der Waals surface area (Å²) in [6.45, 7) is 1.88. The fourth-order valence-electron chi connectivity index (χ4n) is 5.04. The second-order valence-corrected chi connectivity index (χ2v) is 9.72. The third kappa shape index (κ3) is 3.86. The molecule has 6 rings (SSSR count). The Hall–Kier alpha value is -4.30. The molecule has 2 aliphatic rings. The molecule has 1 unspecified atom stereocenters. The molecule has 202 valence electrons. The van der Waals surface area contributed by atoms with Crippen LogP contribution in [0.15, 0.2) is 30.9 Å². The molecule has 1 saturated carbocycles. The molecule has 1 amide bonds. The third-order valence-corrected chi connectivity index (χ3v) is 7.08. The summed E-state index contributed by atoms with van der Waals surface area (Å²) in [5, 5.41) is 6.74. The minimum atomic E-state index is -5.70. The van der Waals surface area contributed by atoms with Crippen molar-refractivity contribution in [3.63, 3.8) is 0 Å². The number of fused-ring (bicyclic) bond motifs is 2. The van der Waals surface area contributed by atoms with Crippen molar-refractivity contribution < 1.29 is 26.7 Å². The molecule has 3 N–H and O–H groups in total. The number of carbonyl (C=O) groups is 1. The number of carbonyl (C=O) groups excluding carboxylic acids is 1. The zero-order valence-electron chi connectivity index (χ0n) is 20.3. The summed E-state index contributed by atoms with van der Waals surface area (Å²) in [7, 11) is 0. The summed E-state index contributed by atoms with van der Waals surface area (Å²) in [5.41, 5.74) is 6.92. The van der Waals surface area contributed by atoms with Crippen molar-refractivity contribution in [2.24, 2.45) is 5.92 Å². The van der Waals surface area contributed by atoms with Gasteiger partial charge in [0, 0.05) is 12.6 Å². The van der Waals surface area contributed by atoms with E-state index >= 15 is 0 Å². The van der Waals surface area contributed by atoms with E-state index in [9.17, 15) is 26.7 Å². The van der Waals surface area contributed by atoms with Gasteiger partial charge in [-0.3, -0.25) is 9.78 Å². The molecule has 1 atom stereocenters. The molecule has 0 saturated heterocycles. The monoisotopic (exact) mass is 545 g/mol. The maximum absolute atomic E-state index is 13.6. The van der Waals surface area contributed by atoms with Gasteiger partial charge in [-0.2, -0.15) is 27.1 Å². The average molecular weight is 545 g/mol. The second-order valence-electron chi connectivity index (χ2n) is 9.72. The molecule has 15 heteroatoms. The molecule has 10 nitrogen and oxygen atoms in total. The largest absolute Gasteiger partial charge is 0.453 e. The number of hydrogen-bond acceptors (Lipinski definition) is 8. The van der Waals surface area contributed by atoms with Crippen molar-refractivity contribution in [3.8, 4) is 11.5 Å². The van der Waals surface area contributed by atoms with Crippen molar-refractivity contribution in [1.29, 1.82) is 0 Å². The normalized spacial score (nSPS) is 19.4. The summed E-state index contributed by atoms with van der Waals surface area (Å²) in [6.07, 6.45) is -2.30. The molecule has 0 spiro atoms. The van der Waals surface area contributed by atoms with E-state index in [1.165, 1.54) is 10.7 Å². The minimum absolute atomic E-state index is 0.000503. The molecular weight excluding hydrogens is 525 g/mol. The molecule has 1 aliphatic carbocycles. The van der Waals surface area contributed by atoms with E-state index in [1.54, 1.807) is 12.3 Å². The summed E-state index contributed by atoms with van der Waals surface area (Å²) in [5.74, 6) is -5.25. The molecule has 0 aromatic carbocycles. The highest BCUT2D eigenvalue weighted by atomic mass is 19.4. The number of aryl methyl sites for hydroxylation is 2. The number of nitrogens with one attached hydrogen (secondary N) is 1. The molecular formula is C24H20F5N9O. The van der Waals surface area contributed by atoms with Crippen LogP contribution in [-0.2, 0) is 16.6 Å². The van der Waals surface area contributed by atoms with E-state index in [-0.39, 0.29) is 46.3 Å². The van der Waals surface area contributed by atoms with Crippen LogP contribution in [-0.4, -0.2) is 52.5 Å². The number of amides is 1. The van der Waals surface area contributed by atoms with Gasteiger partial charge in [0.05, 0.1) is 23.1 Å². The molecule has 0 radical (unpaired) electrons. The van der Waals surface area contributed by atoms with Gasteiger partial charge in [0.1, 0.15) is 29.1 Å². The van der Waals surface area contributed by atoms with E-state index in [0.717, 1.165) is 24.7 Å². The Balaban J connectivity index is 1.43. The standard InChI is InChI=1S/C24H20F5N9O/c1-11-2-5-15(31-8-11)23(12-3-4-12)16-17(30)35-18(36-19(16)37-21(23)39)14-9-38-20(32-10-33-38)13(34-14)6-7-22(25,26)24(27,28)29/h2,5,8-10,12H,3-4,6-7H2,1H3,(H3,30,35,36,37,39). The van der Waals surface area contributed by atoms with Gasteiger partial charge in [0.15, 0.2) is 11.5 Å². The van der Waals surface area contributed by atoms with Crippen LogP contribution in [0.3, 0.4) is 0 Å². The molecule has 4 aromatic rings. The third-order valence-electron chi connectivity index (χ3n) is 7.08. The van der Waals surface area contributed by atoms with Gasteiger partial charge in [-0.05, 0) is 43.7 Å². The molecule has 39 heavy (non-hydrogen) atoms. The first-order valence-electron chi connectivity index (χ1n) is 12.0. The number of hydrogen-bond donors (Lipinski definition) is 2. The molecule has 1 aliphatic heterocycles. The summed E-state index contributed by atoms with van der Waals surface area (Å²) in [6, 6.07) is 3.63. The maximum Gasteiger partial charge on any atom is 0.453 e. The van der Waals surface area contributed by atoms with E-state index < -0.39 is 30.4 Å². The van der Waals surface area contributed by atoms with Crippen molar-refractivity contribution in [3.05, 3.63) is 53.4 Å². The molecule has 5 heterocycles. The lowest BCUT2D eigenvalue weighted by molar-refractivity contribution is -0.284. The number of anilines is 2. The Morgan fingerprint density at radius 2 is 1.90 bits per heavy atom. The van der Waals surface area contributed by atoms with Gasteiger partial charge in [0.25, 0.3) is 0 Å². The summed E-state index contributed by atoms with van der Waals surface area (Å²) >= 11 is 0. The van der Waals surface area contributed by atoms with Crippen LogP contribution in [0, 0.1) is 12.8 Å². The Morgan fingerprint density at radius 3 is 2.56 bits per heavy atom. The highest BCUT2D eigenvalue weighted by Gasteiger charge is 2.60. The van der Waals surface area contributed by atoms with Crippen LogP contribution in [0.2, 0.25) is 0 Å². The van der Waals surface area contributed by atoms with Crippen molar-refractivity contribution in [2.45, 2.75) is 50.1 Å². The van der Waals surface area contributed by atoms with Crippen LogP contribution >= 0.6 is 0 Å². The van der Waals surface area contributed by atoms with Gasteiger partial charge in [-0.25, -0.2) is 24.5 Å². The zero-order valence-corrected chi connectivity index (χ0v) is 20.3. The van der Waals surface area contributed by atoms with Gasteiger partial charge < -0.3 is 11.1 Å². The number of halogens is 5. The number of nitrogen functional groups attached to an aromatic ring is 1. The first kappa shape index (κ1) is 25.0. The predicted molar refractivity (Wildman–Crippen MR) is 127 cm³/mol. The van der Waals surface area contributed by atoms with Crippen LogP contribution in [0.25, 0.3) is 17.2 Å². The number of aromatic nitrogens is 7. The van der Waals surface area contributed by atoms with Crippen molar-refractivity contribution >= 4 is 23.2 Å². The van der Waals surface area contributed by atoms with Gasteiger partial charge >= 0.3 is 12.1 Å². The average Bonchev–Trinajstić information content (AvgIpc) is 3.52. The topological polar surface area (TPSA) is 137 Å². The highest BCUT2D eigenvalue weighted by molar-refractivity contribution is 6.09. The first-order chi connectivity index (χ1) is 18.4. The first-order valence-corrected chi connectivity index (χ1v) is 12.0. The molecule has 1 fully saturated rings. The lowest BCUT2D eigenvalue weighted by Crippen LogP contribution is -2.39. The van der Waals surface area contributed by atoms with Gasteiger partial charge in [-0.15, -0.1) is 0 Å². The molecule has 4 aromatic heterocycles. The summed E-state index contributed by atoms with van der Waals surface area (Å²) < 4.78 is 66.6. The SMILES string of the molecule is Cc1ccc(C2(C3CC3)C(=O)Nc3nc(-c4cn5ncnc5c(CCC(F)(F)C(F)(F)F)n4)nc(N)c32)nc1. The zero-order chi connectivity index (χ0) is 27.7. The summed E-state index contributed by atoms with van der Waals surface area (Å²) in [4.78, 5) is 35.0. The lowest BCUT2D eigenvalue weighted by atomic mass is 9.74. The number of nitrogens with zero attached hydrogens (tertiary/aromatic N) is 7. The minimum Gasteiger partial charge on any atom is -0.383 e. The van der Waals surface area contributed by atoms with Crippen LogP contribution in [0.5, 0.6) is 0 Å². The van der Waals surface area contributed by atoms with E-state index in [2.05, 4.69) is 35.3 Å². The maximum atomic E-state index is 13.6. The highest BCUT2D eigenvalue weighted by Crippen LogP contribution is 2.57. The van der Waals surface area contributed by atoms with E-state index in [0.29, 0.717) is 11.3 Å². The lowest BCUT2D eigenvalue weighted by Gasteiger charge is -2.27. The number of alkyl halides is 5. The van der Waals surface area contributed by atoms with Gasteiger partial charge in [0.2, 0.25) is 5.91 Å². The van der Waals surface area contributed by atoms with Crippen LogP contribution < -0.4 is 11.1 Å². The Morgan fingerprint density at radius 1 is 1.13 bits per heavy atom. The quantitative estimate of drug-likeness (QED) is 0.351. The van der Waals surface area contributed by atoms with Crippen molar-refractivity contribution in [2.75, 3.05) is 11.1 Å². The number of rotatable bonds is 6. The number of pyridine rings is 1. The van der Waals surface area contributed by atoms with Gasteiger partial charge in [-0.1, -0.05) is 6.07 Å². The van der Waals surface area contributed by atoms with E-state index in [1.807, 2.05) is 13.0 Å². The Labute approximate surface area is 216 Å². The van der Waals surface area contributed by atoms with Crippen molar-refractivity contribution in [1.82, 2.24) is 34.5 Å².